The van der Waals surface area contributed by atoms with Crippen molar-refractivity contribution in [2.75, 3.05) is 5.75 Å². The molecule has 2 aliphatic heterocycles. The summed E-state index contributed by atoms with van der Waals surface area (Å²) in [6, 6.07) is 7.10. The van der Waals surface area contributed by atoms with Crippen LogP contribution in [0.3, 0.4) is 0 Å². The summed E-state index contributed by atoms with van der Waals surface area (Å²) in [7, 11) is 0. The lowest BCUT2D eigenvalue weighted by Crippen LogP contribution is -2.71. The summed E-state index contributed by atoms with van der Waals surface area (Å²) in [4.78, 5) is 47.9. The molecule has 2 unspecified atom stereocenters. The largest absolute Gasteiger partial charge is 0.478 e. The van der Waals surface area contributed by atoms with Gasteiger partial charge in [-0.1, -0.05) is 30.3 Å². The van der Waals surface area contributed by atoms with E-state index in [-0.39, 0.29) is 11.3 Å². The fourth-order valence-electron chi connectivity index (χ4n) is 2.80. The minimum Gasteiger partial charge on any atom is -0.478 e. The standard InChI is InChI=1S/C16H14N2O7S/c19-11(7-4-2-1-3-5-7)12(20)17-9-13(21)18-10(16(24)25)8(15(22)23)6-26-14(9)18/h1-5,9,11,14,19H,6H2,(H,17,20)(H,22,23)(H,24,25)/t9?,11?,14-/m1/s1. The number of thioether (sulfide) groups is 1. The number of amides is 2. The summed E-state index contributed by atoms with van der Waals surface area (Å²) in [6.07, 6.45) is -1.48. The number of hydrogen-bond acceptors (Lipinski definition) is 6. The molecule has 3 rings (SSSR count). The van der Waals surface area contributed by atoms with Crippen LogP contribution in [0.25, 0.3) is 0 Å². The first kappa shape index (κ1) is 18.0. The lowest BCUT2D eigenvalue weighted by atomic mass is 10.0. The van der Waals surface area contributed by atoms with Crippen LogP contribution in [0, 0.1) is 0 Å². The summed E-state index contributed by atoms with van der Waals surface area (Å²) in [5, 5.41) is 30.1. The predicted octanol–water partition coefficient (Wildman–Crippen LogP) is -0.457. The van der Waals surface area contributed by atoms with E-state index in [1.165, 1.54) is 0 Å². The van der Waals surface area contributed by atoms with Gasteiger partial charge in [0.15, 0.2) is 6.10 Å². The molecule has 0 bridgehead atoms. The van der Waals surface area contributed by atoms with Crippen LogP contribution in [0.5, 0.6) is 0 Å². The number of carboxylic acids is 2. The van der Waals surface area contributed by atoms with E-state index in [9.17, 15) is 29.4 Å². The predicted molar refractivity (Wildman–Crippen MR) is 88.7 cm³/mol. The molecule has 3 atom stereocenters. The number of β-lactam (4-membered cyclic amide) rings is 1. The highest BCUT2D eigenvalue weighted by atomic mass is 32.2. The Kier molecular flexibility index (Phi) is 4.70. The van der Waals surface area contributed by atoms with Crippen LogP contribution >= 0.6 is 11.8 Å². The molecule has 0 aromatic heterocycles. The maximum Gasteiger partial charge on any atom is 0.353 e. The highest BCUT2D eigenvalue weighted by Gasteiger charge is 2.55. The molecular weight excluding hydrogens is 364 g/mol. The number of rotatable bonds is 5. The average Bonchev–Trinajstić information content (AvgIpc) is 2.64. The number of carbonyl (C=O) groups excluding carboxylic acids is 2. The van der Waals surface area contributed by atoms with Crippen LogP contribution < -0.4 is 5.32 Å². The van der Waals surface area contributed by atoms with Gasteiger partial charge in [0.25, 0.3) is 11.8 Å². The van der Waals surface area contributed by atoms with Gasteiger partial charge in [0.05, 0.1) is 5.57 Å². The molecule has 2 heterocycles. The Balaban J connectivity index is 1.76. The van der Waals surface area contributed by atoms with Crippen molar-refractivity contribution in [3.05, 3.63) is 47.2 Å². The lowest BCUT2D eigenvalue weighted by Gasteiger charge is -2.49. The van der Waals surface area contributed by atoms with E-state index in [2.05, 4.69) is 5.32 Å². The Labute approximate surface area is 151 Å². The molecule has 0 spiro atoms. The molecule has 2 amide bonds. The second-order valence-corrected chi connectivity index (χ2v) is 6.75. The molecule has 1 aromatic carbocycles. The molecule has 4 N–H and O–H groups in total. The number of hydrogen-bond donors (Lipinski definition) is 4. The zero-order valence-electron chi connectivity index (χ0n) is 13.2. The van der Waals surface area contributed by atoms with Gasteiger partial charge in [-0.2, -0.15) is 0 Å². The lowest BCUT2D eigenvalue weighted by molar-refractivity contribution is -0.152. The molecule has 1 fully saturated rings. The van der Waals surface area contributed by atoms with E-state index >= 15 is 0 Å². The zero-order chi connectivity index (χ0) is 19.0. The van der Waals surface area contributed by atoms with E-state index in [1.807, 2.05) is 0 Å². The van der Waals surface area contributed by atoms with Crippen molar-refractivity contribution < 1.29 is 34.5 Å². The number of aliphatic hydroxyl groups is 1. The molecule has 1 aromatic rings. The molecule has 136 valence electrons. The summed E-state index contributed by atoms with van der Waals surface area (Å²) < 4.78 is 0. The van der Waals surface area contributed by atoms with Crippen LogP contribution in [0.4, 0.5) is 0 Å². The first-order valence-electron chi connectivity index (χ1n) is 7.50. The van der Waals surface area contributed by atoms with Gasteiger partial charge < -0.3 is 20.6 Å². The van der Waals surface area contributed by atoms with E-state index in [1.54, 1.807) is 30.3 Å². The fourth-order valence-corrected chi connectivity index (χ4v) is 4.13. The van der Waals surface area contributed by atoms with Crippen molar-refractivity contribution in [2.24, 2.45) is 0 Å². The van der Waals surface area contributed by atoms with Crippen LogP contribution in [-0.4, -0.2) is 61.1 Å². The van der Waals surface area contributed by atoms with E-state index in [0.29, 0.717) is 5.56 Å². The third kappa shape index (κ3) is 2.93. The smallest absolute Gasteiger partial charge is 0.353 e. The first-order chi connectivity index (χ1) is 12.3. The summed E-state index contributed by atoms with van der Waals surface area (Å²) in [6.45, 7) is 0. The Morgan fingerprint density at radius 2 is 1.81 bits per heavy atom. The Morgan fingerprint density at radius 3 is 2.38 bits per heavy atom. The Morgan fingerprint density at radius 1 is 1.15 bits per heavy atom. The first-order valence-corrected chi connectivity index (χ1v) is 8.55. The van der Waals surface area contributed by atoms with E-state index in [4.69, 9.17) is 5.11 Å². The maximum atomic E-state index is 12.3. The topological polar surface area (TPSA) is 144 Å². The number of aliphatic hydroxyl groups excluding tert-OH is 1. The van der Waals surface area contributed by atoms with Gasteiger partial charge in [-0.25, -0.2) is 9.59 Å². The molecule has 0 aliphatic carbocycles. The van der Waals surface area contributed by atoms with Crippen molar-refractivity contribution in [1.82, 2.24) is 10.2 Å². The number of benzene rings is 1. The van der Waals surface area contributed by atoms with Crippen LogP contribution in [-0.2, 0) is 19.2 Å². The monoisotopic (exact) mass is 378 g/mol. The van der Waals surface area contributed by atoms with Crippen molar-refractivity contribution in [3.8, 4) is 0 Å². The Hall–Kier alpha value is -2.85. The molecule has 1 saturated heterocycles. The zero-order valence-corrected chi connectivity index (χ0v) is 14.0. The van der Waals surface area contributed by atoms with Gasteiger partial charge in [0.1, 0.15) is 17.1 Å². The minimum absolute atomic E-state index is 0.112. The third-order valence-corrected chi connectivity index (χ3v) is 5.37. The summed E-state index contributed by atoms with van der Waals surface area (Å²) in [5.41, 5.74) is -0.606. The fraction of sp³-hybridized carbons (Fsp3) is 0.250. The quantitative estimate of drug-likeness (QED) is 0.504. The molecule has 26 heavy (non-hydrogen) atoms. The molecule has 0 radical (unpaired) electrons. The van der Waals surface area contributed by atoms with Gasteiger partial charge in [0, 0.05) is 5.75 Å². The van der Waals surface area contributed by atoms with Gasteiger partial charge >= 0.3 is 11.9 Å². The average molecular weight is 378 g/mol. The van der Waals surface area contributed by atoms with Crippen molar-refractivity contribution >= 4 is 35.5 Å². The summed E-state index contributed by atoms with van der Waals surface area (Å²) >= 11 is 1.04. The molecular formula is C16H14N2O7S. The second kappa shape index (κ2) is 6.81. The second-order valence-electron chi connectivity index (χ2n) is 5.65. The number of carboxylic acid groups (broad SMARTS) is 2. The number of nitrogens with one attached hydrogen (secondary N) is 1. The number of fused-ring (bicyclic) bond motifs is 1. The van der Waals surface area contributed by atoms with E-state index in [0.717, 1.165) is 16.7 Å². The normalized spacial score (nSPS) is 23.0. The number of nitrogens with zero attached hydrogens (tertiary/aromatic N) is 1. The Bertz CT molecular complexity index is 823. The van der Waals surface area contributed by atoms with Gasteiger partial charge in [-0.3, -0.25) is 14.5 Å². The minimum atomic E-state index is -1.52. The van der Waals surface area contributed by atoms with Crippen LogP contribution in [0.2, 0.25) is 0 Å². The van der Waals surface area contributed by atoms with Gasteiger partial charge in [-0.05, 0) is 5.56 Å². The van der Waals surface area contributed by atoms with Crippen molar-refractivity contribution in [2.45, 2.75) is 17.5 Å². The third-order valence-electron chi connectivity index (χ3n) is 4.09. The van der Waals surface area contributed by atoms with Crippen LogP contribution in [0.15, 0.2) is 41.6 Å². The van der Waals surface area contributed by atoms with Gasteiger partial charge in [0.2, 0.25) is 0 Å². The SMILES string of the molecule is O=C(O)C1=C(C(=O)O)N2C(=O)C(NC(=O)C(O)c3ccccc3)[C@H]2SC1. The van der Waals surface area contributed by atoms with Crippen molar-refractivity contribution in [1.29, 1.82) is 0 Å². The number of aliphatic carboxylic acids is 2. The molecule has 2 aliphatic rings. The highest BCUT2D eigenvalue weighted by molar-refractivity contribution is 8.00. The molecule has 9 nitrogen and oxygen atoms in total. The van der Waals surface area contributed by atoms with Crippen LogP contribution in [0.1, 0.15) is 11.7 Å². The maximum absolute atomic E-state index is 12.3. The summed E-state index contributed by atoms with van der Waals surface area (Å²) in [5.74, 6) is -4.56. The molecule has 0 saturated carbocycles. The van der Waals surface area contributed by atoms with Crippen molar-refractivity contribution in [3.63, 3.8) is 0 Å². The van der Waals surface area contributed by atoms with Gasteiger partial charge in [-0.15, -0.1) is 11.8 Å². The number of carbonyl (C=O) groups is 4. The molecule has 10 heteroatoms. The van der Waals surface area contributed by atoms with E-state index < -0.39 is 47.0 Å². The highest BCUT2D eigenvalue weighted by Crippen LogP contribution is 2.40.